The molecule has 0 aliphatic carbocycles. The Kier molecular flexibility index (Phi) is 5.56. The molecule has 3 aromatic rings. The van der Waals surface area contributed by atoms with Gasteiger partial charge in [0.25, 0.3) is 5.56 Å². The second-order valence-corrected chi connectivity index (χ2v) is 7.91. The summed E-state index contributed by atoms with van der Waals surface area (Å²) in [5.41, 5.74) is 1.92. The number of carbonyl (C=O) groups is 1. The van der Waals surface area contributed by atoms with Gasteiger partial charge in [-0.1, -0.05) is 35.6 Å². The van der Waals surface area contributed by atoms with E-state index >= 15 is 0 Å². The van der Waals surface area contributed by atoms with Crippen molar-refractivity contribution in [3.05, 3.63) is 96.4 Å². The number of fused-ring (bicyclic) bond motifs is 1. The lowest BCUT2D eigenvalue weighted by Crippen LogP contribution is -2.39. The highest BCUT2D eigenvalue weighted by atomic mass is 32.1. The lowest BCUT2D eigenvalue weighted by Gasteiger charge is -2.24. The van der Waals surface area contributed by atoms with Crippen LogP contribution < -0.4 is 19.6 Å². The maximum atomic E-state index is 13.4. The van der Waals surface area contributed by atoms with Crippen molar-refractivity contribution in [2.75, 3.05) is 14.2 Å². The predicted octanol–water partition coefficient (Wildman–Crippen LogP) is 2.56. The lowest BCUT2D eigenvalue weighted by atomic mass is 9.96. The largest absolute Gasteiger partial charge is 0.497 e. The maximum Gasteiger partial charge on any atom is 0.338 e. The number of hydrogen-bond donors (Lipinski definition) is 0. The van der Waals surface area contributed by atoms with Crippen molar-refractivity contribution in [3.8, 4) is 5.75 Å². The van der Waals surface area contributed by atoms with Gasteiger partial charge in [0.15, 0.2) is 4.80 Å². The molecule has 0 radical (unpaired) electrons. The van der Waals surface area contributed by atoms with E-state index in [2.05, 4.69) is 4.99 Å². The SMILES string of the molecule is COC(=O)C1=C(C)N=c2s/c(=C/c3ccc(F)cc3)c(=O)n2[C@@H]1c1ccc(OC)cc1. The second-order valence-electron chi connectivity index (χ2n) is 6.90. The van der Waals surface area contributed by atoms with Gasteiger partial charge < -0.3 is 9.47 Å². The van der Waals surface area contributed by atoms with Crippen molar-refractivity contribution >= 4 is 23.4 Å². The highest BCUT2D eigenvalue weighted by Gasteiger charge is 2.33. The number of halogens is 1. The molecule has 1 aliphatic rings. The number of ether oxygens (including phenoxy) is 2. The zero-order valence-electron chi connectivity index (χ0n) is 17.1. The standard InChI is InChI=1S/C23H19FN2O4S/c1-13-19(22(28)30-3)20(15-6-10-17(29-2)11-7-15)26-21(27)18(31-23(26)25-13)12-14-4-8-16(24)9-5-14/h4-12,20H,1-3H3/b18-12+/t20-/m1/s1. The smallest absolute Gasteiger partial charge is 0.338 e. The van der Waals surface area contributed by atoms with Crippen LogP contribution in [0.2, 0.25) is 0 Å². The maximum absolute atomic E-state index is 13.4. The third-order valence-corrected chi connectivity index (χ3v) is 6.01. The molecule has 0 fully saturated rings. The molecule has 0 spiro atoms. The summed E-state index contributed by atoms with van der Waals surface area (Å²) in [5.74, 6) is -0.237. The van der Waals surface area contributed by atoms with Crippen LogP contribution in [0.5, 0.6) is 5.75 Å². The van der Waals surface area contributed by atoms with Crippen molar-refractivity contribution in [2.24, 2.45) is 4.99 Å². The number of hydrogen-bond acceptors (Lipinski definition) is 6. The van der Waals surface area contributed by atoms with Gasteiger partial charge in [0.2, 0.25) is 0 Å². The molecule has 2 aromatic carbocycles. The summed E-state index contributed by atoms with van der Waals surface area (Å²) in [6, 6.07) is 12.3. The Morgan fingerprint density at radius 1 is 1.13 bits per heavy atom. The molecule has 158 valence electrons. The number of esters is 1. The van der Waals surface area contributed by atoms with Gasteiger partial charge in [-0.2, -0.15) is 0 Å². The Balaban J connectivity index is 1.94. The first-order chi connectivity index (χ1) is 14.9. The van der Waals surface area contributed by atoms with Crippen molar-refractivity contribution in [1.29, 1.82) is 0 Å². The number of thiazole rings is 1. The first kappa shape index (κ1) is 20.7. The van der Waals surface area contributed by atoms with Crippen molar-refractivity contribution in [2.45, 2.75) is 13.0 Å². The quantitative estimate of drug-likeness (QED) is 0.587. The van der Waals surface area contributed by atoms with Crippen LogP contribution in [-0.2, 0) is 9.53 Å². The molecule has 6 nitrogen and oxygen atoms in total. The first-order valence-corrected chi connectivity index (χ1v) is 10.2. The van der Waals surface area contributed by atoms with E-state index in [1.165, 1.54) is 35.1 Å². The average Bonchev–Trinajstić information content (AvgIpc) is 3.08. The number of nitrogens with zero attached hydrogens (tertiary/aromatic N) is 2. The molecule has 31 heavy (non-hydrogen) atoms. The molecular weight excluding hydrogens is 419 g/mol. The molecule has 0 bridgehead atoms. The summed E-state index contributed by atoms with van der Waals surface area (Å²) in [5, 5.41) is 0. The van der Waals surface area contributed by atoms with Gasteiger partial charge in [-0.3, -0.25) is 9.36 Å². The van der Waals surface area contributed by atoms with Gasteiger partial charge in [0, 0.05) is 0 Å². The van der Waals surface area contributed by atoms with Crippen LogP contribution >= 0.6 is 11.3 Å². The van der Waals surface area contributed by atoms with Crippen molar-refractivity contribution < 1.29 is 18.7 Å². The van der Waals surface area contributed by atoms with Gasteiger partial charge in [-0.15, -0.1) is 0 Å². The third-order valence-electron chi connectivity index (χ3n) is 5.03. The van der Waals surface area contributed by atoms with Crippen molar-refractivity contribution in [1.82, 2.24) is 4.57 Å². The summed E-state index contributed by atoms with van der Waals surface area (Å²) < 4.78 is 25.4. The highest BCUT2D eigenvalue weighted by Crippen LogP contribution is 2.31. The molecule has 1 aromatic heterocycles. The molecule has 0 N–H and O–H groups in total. The Morgan fingerprint density at radius 2 is 1.81 bits per heavy atom. The minimum Gasteiger partial charge on any atom is -0.497 e. The first-order valence-electron chi connectivity index (χ1n) is 9.43. The zero-order chi connectivity index (χ0) is 22.1. The molecule has 4 rings (SSSR count). The average molecular weight is 438 g/mol. The number of benzene rings is 2. The molecule has 8 heteroatoms. The lowest BCUT2D eigenvalue weighted by molar-refractivity contribution is -0.136. The van der Waals surface area contributed by atoms with E-state index in [4.69, 9.17) is 9.47 Å². The summed E-state index contributed by atoms with van der Waals surface area (Å²) >= 11 is 1.22. The van der Waals surface area contributed by atoms with Crippen LogP contribution in [0.1, 0.15) is 24.1 Å². The fourth-order valence-electron chi connectivity index (χ4n) is 3.50. The van der Waals surface area contributed by atoms with E-state index in [0.29, 0.717) is 31.9 Å². The highest BCUT2D eigenvalue weighted by molar-refractivity contribution is 7.07. The number of aromatic nitrogens is 1. The Labute approximate surface area is 181 Å². The summed E-state index contributed by atoms with van der Waals surface area (Å²) in [6.45, 7) is 1.72. The van der Waals surface area contributed by atoms with Crippen molar-refractivity contribution in [3.63, 3.8) is 0 Å². The molecule has 0 saturated heterocycles. The number of rotatable bonds is 4. The summed E-state index contributed by atoms with van der Waals surface area (Å²) in [7, 11) is 2.87. The van der Waals surface area contributed by atoms with Crippen LogP contribution in [0.4, 0.5) is 4.39 Å². The van der Waals surface area contributed by atoms with Crippen LogP contribution in [0.3, 0.4) is 0 Å². The molecule has 1 aliphatic heterocycles. The van der Waals surface area contributed by atoms with Crippen LogP contribution in [0.25, 0.3) is 6.08 Å². The Bertz CT molecular complexity index is 1350. The number of allylic oxidation sites excluding steroid dienone is 1. The summed E-state index contributed by atoms with van der Waals surface area (Å²) in [4.78, 5) is 31.0. The zero-order valence-corrected chi connectivity index (χ0v) is 17.9. The van der Waals surface area contributed by atoms with E-state index < -0.39 is 12.0 Å². The third kappa shape index (κ3) is 3.82. The fourth-order valence-corrected chi connectivity index (χ4v) is 4.55. The van der Waals surface area contributed by atoms with Gasteiger partial charge in [0.1, 0.15) is 11.6 Å². The molecule has 1 atom stereocenters. The van der Waals surface area contributed by atoms with E-state index in [1.807, 2.05) is 12.1 Å². The van der Waals surface area contributed by atoms with Crippen LogP contribution in [-0.4, -0.2) is 24.8 Å². The molecule has 0 unspecified atom stereocenters. The van der Waals surface area contributed by atoms with Crippen LogP contribution in [0.15, 0.2) is 69.6 Å². The van der Waals surface area contributed by atoms with Gasteiger partial charge in [-0.25, -0.2) is 14.2 Å². The minimum atomic E-state index is -0.690. The minimum absolute atomic E-state index is 0.289. The van der Waals surface area contributed by atoms with E-state index in [-0.39, 0.29) is 11.4 Å². The molecule has 0 amide bonds. The predicted molar refractivity (Wildman–Crippen MR) is 115 cm³/mol. The van der Waals surface area contributed by atoms with E-state index in [0.717, 1.165) is 5.56 Å². The Morgan fingerprint density at radius 3 is 2.42 bits per heavy atom. The topological polar surface area (TPSA) is 69.9 Å². The Hall–Kier alpha value is -3.52. The monoisotopic (exact) mass is 438 g/mol. The van der Waals surface area contributed by atoms with Gasteiger partial charge >= 0.3 is 5.97 Å². The fraction of sp³-hybridized carbons (Fsp3) is 0.174. The summed E-state index contributed by atoms with van der Waals surface area (Å²) in [6.07, 6.45) is 1.69. The number of methoxy groups -OCH3 is 2. The van der Waals surface area contributed by atoms with Gasteiger partial charge in [0.05, 0.1) is 36.1 Å². The normalized spacial score (nSPS) is 16.0. The number of carbonyl (C=O) groups excluding carboxylic acids is 1. The molecule has 0 saturated carbocycles. The van der Waals surface area contributed by atoms with E-state index in [9.17, 15) is 14.0 Å². The molecular formula is C23H19FN2O4S. The van der Waals surface area contributed by atoms with Crippen LogP contribution in [0, 0.1) is 5.82 Å². The molecule has 2 heterocycles. The van der Waals surface area contributed by atoms with E-state index in [1.54, 1.807) is 44.4 Å². The van der Waals surface area contributed by atoms with Gasteiger partial charge in [-0.05, 0) is 48.4 Å². The second kappa shape index (κ2) is 8.31.